The van der Waals surface area contributed by atoms with Crippen molar-refractivity contribution in [1.82, 2.24) is 19.7 Å². The van der Waals surface area contributed by atoms with Crippen LogP contribution >= 0.6 is 11.6 Å². The SMILES string of the molecule is CC(C)(C)[Si](C)(C)OCC1CCCN1c1nc(Cl)nc2c1cnn2C1CCC1. The summed E-state index contributed by atoms with van der Waals surface area (Å²) in [4.78, 5) is 11.5. The smallest absolute Gasteiger partial charge is 0.226 e. The Morgan fingerprint density at radius 1 is 1.18 bits per heavy atom. The van der Waals surface area contributed by atoms with Crippen LogP contribution in [-0.4, -0.2) is 47.3 Å². The van der Waals surface area contributed by atoms with Gasteiger partial charge in [-0.1, -0.05) is 20.8 Å². The van der Waals surface area contributed by atoms with Gasteiger partial charge in [0.15, 0.2) is 14.0 Å². The highest BCUT2D eigenvalue weighted by Gasteiger charge is 2.39. The lowest BCUT2D eigenvalue weighted by Crippen LogP contribution is -2.45. The lowest BCUT2D eigenvalue weighted by atomic mass is 9.93. The summed E-state index contributed by atoms with van der Waals surface area (Å²) in [5, 5.41) is 6.17. The Balaban J connectivity index is 1.61. The van der Waals surface area contributed by atoms with E-state index in [-0.39, 0.29) is 5.04 Å². The van der Waals surface area contributed by atoms with Crippen molar-refractivity contribution in [3.05, 3.63) is 11.5 Å². The minimum absolute atomic E-state index is 0.214. The van der Waals surface area contributed by atoms with Crippen LogP contribution in [0.5, 0.6) is 0 Å². The van der Waals surface area contributed by atoms with Gasteiger partial charge in [-0.25, -0.2) is 4.68 Å². The first-order chi connectivity index (χ1) is 13.2. The van der Waals surface area contributed by atoms with E-state index < -0.39 is 8.32 Å². The Bertz CT molecular complexity index is 858. The van der Waals surface area contributed by atoms with Crippen molar-refractivity contribution in [1.29, 1.82) is 0 Å². The van der Waals surface area contributed by atoms with Crippen molar-refractivity contribution in [2.24, 2.45) is 0 Å². The Hall–Kier alpha value is -1.18. The summed E-state index contributed by atoms with van der Waals surface area (Å²) in [6.07, 6.45) is 7.78. The zero-order chi connectivity index (χ0) is 20.1. The fraction of sp³-hybridized carbons (Fsp3) is 0.750. The van der Waals surface area contributed by atoms with Gasteiger partial charge in [-0.15, -0.1) is 0 Å². The van der Waals surface area contributed by atoms with Gasteiger partial charge in [0.1, 0.15) is 5.82 Å². The second kappa shape index (κ2) is 7.25. The molecule has 0 amide bonds. The van der Waals surface area contributed by atoms with E-state index in [2.05, 4.69) is 53.8 Å². The number of halogens is 1. The summed E-state index contributed by atoms with van der Waals surface area (Å²) in [5.74, 6) is 0.918. The lowest BCUT2D eigenvalue weighted by Gasteiger charge is -2.38. The van der Waals surface area contributed by atoms with E-state index in [0.717, 1.165) is 42.8 Å². The van der Waals surface area contributed by atoms with Crippen LogP contribution in [0.15, 0.2) is 6.20 Å². The normalized spacial score (nSPS) is 21.5. The number of fused-ring (bicyclic) bond motifs is 1. The molecule has 3 heterocycles. The zero-order valence-corrected chi connectivity index (χ0v) is 19.5. The molecular formula is C20H32ClN5OSi. The molecule has 0 spiro atoms. The van der Waals surface area contributed by atoms with E-state index in [1.54, 1.807) is 0 Å². The number of rotatable bonds is 5. The van der Waals surface area contributed by atoms with E-state index in [1.165, 1.54) is 19.3 Å². The molecule has 8 heteroatoms. The molecule has 1 saturated carbocycles. The molecule has 2 aromatic rings. The molecular weight excluding hydrogens is 390 g/mol. The molecule has 2 aliphatic rings. The summed E-state index contributed by atoms with van der Waals surface area (Å²) in [5.41, 5.74) is 0.871. The van der Waals surface area contributed by atoms with Gasteiger partial charge in [-0.05, 0) is 61.8 Å². The molecule has 0 radical (unpaired) electrons. The monoisotopic (exact) mass is 421 g/mol. The molecule has 6 nitrogen and oxygen atoms in total. The number of aromatic nitrogens is 4. The summed E-state index contributed by atoms with van der Waals surface area (Å²) >= 11 is 6.34. The van der Waals surface area contributed by atoms with Crippen LogP contribution in [-0.2, 0) is 4.43 Å². The molecule has 1 aliphatic carbocycles. The first-order valence-electron chi connectivity index (χ1n) is 10.5. The van der Waals surface area contributed by atoms with Crippen molar-refractivity contribution in [2.75, 3.05) is 18.1 Å². The maximum atomic E-state index is 6.54. The van der Waals surface area contributed by atoms with Gasteiger partial charge in [-0.3, -0.25) is 0 Å². The molecule has 154 valence electrons. The third kappa shape index (κ3) is 3.57. The largest absolute Gasteiger partial charge is 0.415 e. The number of anilines is 1. The highest BCUT2D eigenvalue weighted by atomic mass is 35.5. The molecule has 28 heavy (non-hydrogen) atoms. The van der Waals surface area contributed by atoms with Gasteiger partial charge in [-0.2, -0.15) is 15.1 Å². The molecule has 2 fully saturated rings. The minimum Gasteiger partial charge on any atom is -0.415 e. The molecule has 0 aromatic carbocycles. The van der Waals surface area contributed by atoms with Crippen LogP contribution in [0.1, 0.15) is 58.9 Å². The Morgan fingerprint density at radius 2 is 1.93 bits per heavy atom. The van der Waals surface area contributed by atoms with Gasteiger partial charge in [0, 0.05) is 6.54 Å². The number of hydrogen-bond donors (Lipinski definition) is 0. The quantitative estimate of drug-likeness (QED) is 0.490. The van der Waals surface area contributed by atoms with Crippen LogP contribution in [0.2, 0.25) is 23.4 Å². The fourth-order valence-corrected chi connectivity index (χ4v) is 5.01. The standard InChI is InChI=1S/C20H32ClN5OSi/c1-20(2,3)28(4,5)27-13-15-10-7-11-25(15)17-16-12-22-26(14-8-6-9-14)18(16)24-19(21)23-17/h12,14-15H,6-11,13H2,1-5H3. The van der Waals surface area contributed by atoms with E-state index >= 15 is 0 Å². The highest BCUT2D eigenvalue weighted by molar-refractivity contribution is 6.74. The Morgan fingerprint density at radius 3 is 2.57 bits per heavy atom. The summed E-state index contributed by atoms with van der Waals surface area (Å²) in [6.45, 7) is 13.2. The Kier molecular flexibility index (Phi) is 5.21. The van der Waals surface area contributed by atoms with Crippen molar-refractivity contribution in [2.45, 2.75) is 83.1 Å². The average molecular weight is 422 g/mol. The van der Waals surface area contributed by atoms with Crippen LogP contribution in [0.3, 0.4) is 0 Å². The maximum absolute atomic E-state index is 6.54. The second-order valence-electron chi connectivity index (χ2n) is 9.79. The van der Waals surface area contributed by atoms with Crippen molar-refractivity contribution in [3.63, 3.8) is 0 Å². The molecule has 4 rings (SSSR count). The Labute approximate surface area is 173 Å². The third-order valence-corrected chi connectivity index (χ3v) is 11.6. The number of nitrogens with zero attached hydrogens (tertiary/aromatic N) is 5. The van der Waals surface area contributed by atoms with E-state index in [4.69, 9.17) is 16.0 Å². The van der Waals surface area contributed by atoms with Crippen LogP contribution in [0.4, 0.5) is 5.82 Å². The van der Waals surface area contributed by atoms with E-state index in [0.29, 0.717) is 17.4 Å². The molecule has 1 unspecified atom stereocenters. The predicted octanol–water partition coefficient (Wildman–Crippen LogP) is 5.20. The van der Waals surface area contributed by atoms with Gasteiger partial charge >= 0.3 is 0 Å². The van der Waals surface area contributed by atoms with Crippen molar-refractivity contribution < 1.29 is 4.43 Å². The zero-order valence-electron chi connectivity index (χ0n) is 17.7. The lowest BCUT2D eigenvalue weighted by molar-refractivity contribution is 0.263. The highest BCUT2D eigenvalue weighted by Crippen LogP contribution is 2.39. The first-order valence-corrected chi connectivity index (χ1v) is 13.8. The molecule has 1 saturated heterocycles. The topological polar surface area (TPSA) is 56.1 Å². The minimum atomic E-state index is -1.78. The van der Waals surface area contributed by atoms with Gasteiger partial charge in [0.25, 0.3) is 0 Å². The van der Waals surface area contributed by atoms with Gasteiger partial charge < -0.3 is 9.33 Å². The molecule has 2 aromatic heterocycles. The third-order valence-electron chi connectivity index (χ3n) is 6.92. The summed E-state index contributed by atoms with van der Waals surface area (Å²) in [7, 11) is -1.78. The average Bonchev–Trinajstić information content (AvgIpc) is 3.17. The second-order valence-corrected chi connectivity index (χ2v) is 14.9. The summed E-state index contributed by atoms with van der Waals surface area (Å²) < 4.78 is 8.59. The van der Waals surface area contributed by atoms with Crippen LogP contribution < -0.4 is 4.90 Å². The van der Waals surface area contributed by atoms with Crippen LogP contribution in [0.25, 0.3) is 11.0 Å². The predicted molar refractivity (Wildman–Crippen MR) is 117 cm³/mol. The molecule has 0 bridgehead atoms. The van der Waals surface area contributed by atoms with Crippen molar-refractivity contribution in [3.8, 4) is 0 Å². The van der Waals surface area contributed by atoms with E-state index in [9.17, 15) is 0 Å². The van der Waals surface area contributed by atoms with E-state index in [1.807, 2.05) is 10.9 Å². The first kappa shape index (κ1) is 20.1. The fourth-order valence-electron chi connectivity index (χ4n) is 3.81. The summed E-state index contributed by atoms with van der Waals surface area (Å²) in [6, 6.07) is 0.781. The molecule has 1 aliphatic heterocycles. The van der Waals surface area contributed by atoms with Crippen LogP contribution in [0, 0.1) is 0 Å². The van der Waals surface area contributed by atoms with Crippen molar-refractivity contribution >= 4 is 36.8 Å². The maximum Gasteiger partial charge on any atom is 0.226 e. The van der Waals surface area contributed by atoms with Gasteiger partial charge in [0.2, 0.25) is 5.28 Å². The van der Waals surface area contributed by atoms with Gasteiger partial charge in [0.05, 0.1) is 30.3 Å². The molecule has 0 N–H and O–H groups in total. The number of hydrogen-bond acceptors (Lipinski definition) is 5. The molecule has 1 atom stereocenters.